The van der Waals surface area contributed by atoms with Gasteiger partial charge in [0.15, 0.2) is 0 Å². The maximum Gasteiger partial charge on any atom is 0.323 e. The Morgan fingerprint density at radius 1 is 1.03 bits per heavy atom. The standard InChI is InChI=1S/C25H28N4O2/c1-18-6-8-23(26-16-18)28-25(30)29-12-10-20(11-13-29)14-21-4-3-5-22(15-21)31-24-9-7-19(2)17-27-24/h3-9,15-17,20H,10-14H2,1-2H3,(H,26,28,30). The van der Waals surface area contributed by atoms with Crippen molar-refractivity contribution in [1.82, 2.24) is 14.9 Å². The summed E-state index contributed by atoms with van der Waals surface area (Å²) in [5.41, 5.74) is 3.43. The molecule has 0 radical (unpaired) electrons. The summed E-state index contributed by atoms with van der Waals surface area (Å²) in [6, 6.07) is 15.8. The number of carbonyl (C=O) groups excluding carboxylic acids is 1. The van der Waals surface area contributed by atoms with Crippen molar-refractivity contribution in [3.8, 4) is 11.6 Å². The first-order valence-corrected chi connectivity index (χ1v) is 10.7. The molecule has 6 heteroatoms. The Morgan fingerprint density at radius 3 is 2.45 bits per heavy atom. The highest BCUT2D eigenvalue weighted by Crippen LogP contribution is 2.26. The number of nitrogens with zero attached hydrogens (tertiary/aromatic N) is 3. The number of aryl methyl sites for hydroxylation is 2. The van der Waals surface area contributed by atoms with Gasteiger partial charge in [-0.2, -0.15) is 0 Å². The maximum absolute atomic E-state index is 12.5. The van der Waals surface area contributed by atoms with E-state index in [-0.39, 0.29) is 6.03 Å². The average molecular weight is 417 g/mol. The van der Waals surface area contributed by atoms with Crippen LogP contribution in [-0.4, -0.2) is 34.0 Å². The Kier molecular flexibility index (Phi) is 6.46. The number of pyridine rings is 2. The minimum atomic E-state index is -0.0733. The van der Waals surface area contributed by atoms with Crippen LogP contribution in [0.15, 0.2) is 60.9 Å². The van der Waals surface area contributed by atoms with E-state index < -0.39 is 0 Å². The van der Waals surface area contributed by atoms with Gasteiger partial charge < -0.3 is 9.64 Å². The molecule has 0 atom stereocenters. The number of aromatic nitrogens is 2. The van der Waals surface area contributed by atoms with Crippen LogP contribution in [0.5, 0.6) is 11.6 Å². The summed E-state index contributed by atoms with van der Waals surface area (Å²) in [5.74, 6) is 2.55. The topological polar surface area (TPSA) is 67.4 Å². The first-order valence-electron chi connectivity index (χ1n) is 10.7. The molecule has 0 aliphatic carbocycles. The Labute approximate surface area is 183 Å². The number of nitrogens with one attached hydrogen (secondary N) is 1. The highest BCUT2D eigenvalue weighted by atomic mass is 16.5. The summed E-state index contributed by atoms with van der Waals surface area (Å²) >= 11 is 0. The fraction of sp³-hybridized carbons (Fsp3) is 0.320. The third-order valence-electron chi connectivity index (χ3n) is 5.58. The molecule has 0 spiro atoms. The van der Waals surface area contributed by atoms with E-state index in [0.29, 0.717) is 17.6 Å². The van der Waals surface area contributed by atoms with Crippen LogP contribution >= 0.6 is 0 Å². The van der Waals surface area contributed by atoms with Crippen molar-refractivity contribution in [2.45, 2.75) is 33.1 Å². The quantitative estimate of drug-likeness (QED) is 0.607. The third-order valence-corrected chi connectivity index (χ3v) is 5.58. The van der Waals surface area contributed by atoms with E-state index in [1.165, 1.54) is 5.56 Å². The summed E-state index contributed by atoms with van der Waals surface area (Å²) in [5, 5.41) is 2.89. The number of rotatable bonds is 5. The molecule has 4 rings (SSSR count). The van der Waals surface area contributed by atoms with Gasteiger partial charge in [-0.25, -0.2) is 14.8 Å². The lowest BCUT2D eigenvalue weighted by atomic mass is 9.90. The summed E-state index contributed by atoms with van der Waals surface area (Å²) in [6.45, 7) is 5.49. The van der Waals surface area contributed by atoms with Crippen molar-refractivity contribution in [2.24, 2.45) is 5.92 Å². The lowest BCUT2D eigenvalue weighted by molar-refractivity contribution is 0.182. The zero-order chi connectivity index (χ0) is 21.6. The molecule has 1 aliphatic rings. The first-order chi connectivity index (χ1) is 15.0. The predicted molar refractivity (Wildman–Crippen MR) is 121 cm³/mol. The molecule has 3 heterocycles. The van der Waals surface area contributed by atoms with Crippen LogP contribution in [0.2, 0.25) is 0 Å². The van der Waals surface area contributed by atoms with E-state index in [4.69, 9.17) is 4.74 Å². The molecule has 1 fully saturated rings. The smallest absolute Gasteiger partial charge is 0.323 e. The van der Waals surface area contributed by atoms with Gasteiger partial charge in [-0.15, -0.1) is 0 Å². The van der Waals surface area contributed by atoms with E-state index in [2.05, 4.69) is 27.4 Å². The Balaban J connectivity index is 1.28. The van der Waals surface area contributed by atoms with Gasteiger partial charge in [0.05, 0.1) is 0 Å². The maximum atomic E-state index is 12.5. The molecule has 3 aromatic rings. The molecular formula is C25H28N4O2. The largest absolute Gasteiger partial charge is 0.439 e. The van der Waals surface area contributed by atoms with E-state index >= 15 is 0 Å². The molecule has 1 saturated heterocycles. The number of carbonyl (C=O) groups is 1. The minimum absolute atomic E-state index is 0.0733. The Morgan fingerprint density at radius 2 is 1.77 bits per heavy atom. The number of urea groups is 1. The van der Waals surface area contributed by atoms with Crippen LogP contribution in [0.1, 0.15) is 29.5 Å². The second-order valence-electron chi connectivity index (χ2n) is 8.21. The minimum Gasteiger partial charge on any atom is -0.439 e. The number of piperidine rings is 1. The number of benzene rings is 1. The van der Waals surface area contributed by atoms with Crippen molar-refractivity contribution in [1.29, 1.82) is 0 Å². The van der Waals surface area contributed by atoms with Crippen molar-refractivity contribution in [3.05, 3.63) is 77.6 Å². The first kappa shape index (κ1) is 20.8. The van der Waals surface area contributed by atoms with Crippen molar-refractivity contribution in [3.63, 3.8) is 0 Å². The van der Waals surface area contributed by atoms with Gasteiger partial charge in [-0.3, -0.25) is 5.32 Å². The van der Waals surface area contributed by atoms with Crippen LogP contribution < -0.4 is 10.1 Å². The molecule has 2 aromatic heterocycles. The van der Waals surface area contributed by atoms with Gasteiger partial charge in [-0.1, -0.05) is 24.3 Å². The molecule has 31 heavy (non-hydrogen) atoms. The van der Waals surface area contributed by atoms with E-state index in [0.717, 1.165) is 49.2 Å². The average Bonchev–Trinajstić information content (AvgIpc) is 2.78. The van der Waals surface area contributed by atoms with Gasteiger partial charge in [0.25, 0.3) is 0 Å². The molecule has 0 unspecified atom stereocenters. The molecule has 1 N–H and O–H groups in total. The molecule has 1 aromatic carbocycles. The van der Waals surface area contributed by atoms with Crippen molar-refractivity contribution in [2.75, 3.05) is 18.4 Å². The van der Waals surface area contributed by atoms with Crippen LogP contribution in [0.3, 0.4) is 0 Å². The Hall–Kier alpha value is -3.41. The molecule has 2 amide bonds. The second-order valence-corrected chi connectivity index (χ2v) is 8.21. The van der Waals surface area contributed by atoms with Gasteiger partial charge in [0.1, 0.15) is 11.6 Å². The number of amides is 2. The summed E-state index contributed by atoms with van der Waals surface area (Å²) < 4.78 is 5.90. The van der Waals surface area contributed by atoms with Crippen molar-refractivity contribution >= 4 is 11.8 Å². The molecular weight excluding hydrogens is 388 g/mol. The fourth-order valence-corrected chi connectivity index (χ4v) is 3.78. The highest BCUT2D eigenvalue weighted by Gasteiger charge is 2.23. The van der Waals surface area contributed by atoms with Crippen LogP contribution in [-0.2, 0) is 6.42 Å². The van der Waals surface area contributed by atoms with Crippen LogP contribution in [0, 0.1) is 19.8 Å². The number of hydrogen-bond donors (Lipinski definition) is 1. The van der Waals surface area contributed by atoms with Crippen LogP contribution in [0.25, 0.3) is 0 Å². The van der Waals surface area contributed by atoms with Gasteiger partial charge in [0, 0.05) is 31.5 Å². The summed E-state index contributed by atoms with van der Waals surface area (Å²) in [4.78, 5) is 22.9. The molecule has 1 aliphatic heterocycles. The van der Waals surface area contributed by atoms with Gasteiger partial charge >= 0.3 is 6.03 Å². The fourth-order valence-electron chi connectivity index (χ4n) is 3.78. The number of hydrogen-bond acceptors (Lipinski definition) is 4. The molecule has 160 valence electrons. The number of anilines is 1. The predicted octanol–water partition coefficient (Wildman–Crippen LogP) is 5.37. The summed E-state index contributed by atoms with van der Waals surface area (Å²) in [7, 11) is 0. The zero-order valence-corrected chi connectivity index (χ0v) is 18.0. The lowest BCUT2D eigenvalue weighted by Gasteiger charge is -2.32. The Bertz CT molecular complexity index is 1010. The van der Waals surface area contributed by atoms with Crippen LogP contribution in [0.4, 0.5) is 10.6 Å². The molecule has 6 nitrogen and oxygen atoms in total. The number of likely N-dealkylation sites (tertiary alicyclic amines) is 1. The SMILES string of the molecule is Cc1ccc(NC(=O)N2CCC(Cc3cccc(Oc4ccc(C)cn4)c3)CC2)nc1. The highest BCUT2D eigenvalue weighted by molar-refractivity contribution is 5.88. The summed E-state index contributed by atoms with van der Waals surface area (Å²) in [6.07, 6.45) is 6.51. The van der Waals surface area contributed by atoms with E-state index in [9.17, 15) is 4.79 Å². The monoisotopic (exact) mass is 416 g/mol. The molecule has 0 bridgehead atoms. The number of ether oxygens (including phenoxy) is 1. The second kappa shape index (κ2) is 9.60. The van der Waals surface area contributed by atoms with Crippen molar-refractivity contribution < 1.29 is 9.53 Å². The van der Waals surface area contributed by atoms with Gasteiger partial charge in [0.2, 0.25) is 5.88 Å². The third kappa shape index (κ3) is 5.81. The van der Waals surface area contributed by atoms with E-state index in [1.807, 2.05) is 55.1 Å². The normalized spacial score (nSPS) is 14.3. The van der Waals surface area contributed by atoms with E-state index in [1.54, 1.807) is 12.4 Å². The molecule has 0 saturated carbocycles. The lowest BCUT2D eigenvalue weighted by Crippen LogP contribution is -2.41. The zero-order valence-electron chi connectivity index (χ0n) is 18.0. The van der Waals surface area contributed by atoms with Gasteiger partial charge in [-0.05, 0) is 73.9 Å².